The molecule has 2 aromatic carbocycles. The molecule has 3 aromatic rings. The average Bonchev–Trinajstić information content (AvgIpc) is 2.57. The van der Waals surface area contributed by atoms with Crippen molar-refractivity contribution < 1.29 is 4.79 Å². The van der Waals surface area contributed by atoms with Crippen molar-refractivity contribution in [1.82, 2.24) is 15.3 Å². The maximum Gasteiger partial charge on any atom is 0.257 e. The highest BCUT2D eigenvalue weighted by atomic mass is 32.1. The molecule has 0 atom stereocenters. The number of carbonyl (C=O) groups is 1. The number of anilines is 1. The number of benzene rings is 2. The van der Waals surface area contributed by atoms with Crippen LogP contribution < -0.4 is 10.6 Å². The van der Waals surface area contributed by atoms with Crippen molar-refractivity contribution in [3.8, 4) is 0 Å². The number of carbonyl (C=O) groups excluding carboxylic acids is 1. The van der Waals surface area contributed by atoms with Gasteiger partial charge in [-0.3, -0.25) is 10.1 Å². The third-order valence-electron chi connectivity index (χ3n) is 3.60. The maximum absolute atomic E-state index is 12.1. The van der Waals surface area contributed by atoms with E-state index in [1.54, 1.807) is 24.3 Å². The van der Waals surface area contributed by atoms with Gasteiger partial charge in [-0.05, 0) is 56.4 Å². The van der Waals surface area contributed by atoms with E-state index in [4.69, 9.17) is 12.2 Å². The standard InChI is InChI=1S/C18H16N4OS/c1-11-12(2)20-16-10-14(8-9-15(16)19-11)21-18(24)22-17(23)13-6-4-3-5-7-13/h3-10H,1-2H3,(H2,21,22,23,24). The van der Waals surface area contributed by atoms with E-state index in [0.29, 0.717) is 5.56 Å². The molecule has 0 radical (unpaired) electrons. The summed E-state index contributed by atoms with van der Waals surface area (Å²) in [5.41, 5.74) is 4.70. The first kappa shape index (κ1) is 16.0. The van der Waals surface area contributed by atoms with Crippen molar-refractivity contribution >= 4 is 40.0 Å². The molecule has 1 aromatic heterocycles. The number of thiocarbonyl (C=S) groups is 1. The van der Waals surface area contributed by atoms with Gasteiger partial charge in [-0.2, -0.15) is 0 Å². The van der Waals surface area contributed by atoms with Crippen molar-refractivity contribution in [2.24, 2.45) is 0 Å². The lowest BCUT2D eigenvalue weighted by atomic mass is 10.2. The summed E-state index contributed by atoms with van der Waals surface area (Å²) < 4.78 is 0. The van der Waals surface area contributed by atoms with Gasteiger partial charge in [0.2, 0.25) is 0 Å². The number of aromatic nitrogens is 2. The minimum absolute atomic E-state index is 0.236. The first-order valence-electron chi connectivity index (χ1n) is 7.45. The molecule has 3 rings (SSSR count). The van der Waals surface area contributed by atoms with Gasteiger partial charge in [0.05, 0.1) is 22.4 Å². The summed E-state index contributed by atoms with van der Waals surface area (Å²) in [4.78, 5) is 21.1. The molecule has 0 aliphatic rings. The fourth-order valence-electron chi connectivity index (χ4n) is 2.24. The zero-order chi connectivity index (χ0) is 17.1. The lowest BCUT2D eigenvalue weighted by Crippen LogP contribution is -2.34. The second kappa shape index (κ2) is 6.72. The Balaban J connectivity index is 1.73. The van der Waals surface area contributed by atoms with Crippen LogP contribution in [-0.4, -0.2) is 21.0 Å². The van der Waals surface area contributed by atoms with Crippen LogP contribution in [0.25, 0.3) is 11.0 Å². The number of hydrogen-bond acceptors (Lipinski definition) is 4. The predicted octanol–water partition coefficient (Wildman–Crippen LogP) is 3.37. The van der Waals surface area contributed by atoms with E-state index < -0.39 is 0 Å². The van der Waals surface area contributed by atoms with E-state index >= 15 is 0 Å². The van der Waals surface area contributed by atoms with Gasteiger partial charge in [0.25, 0.3) is 5.91 Å². The number of hydrogen-bond donors (Lipinski definition) is 2. The molecule has 6 heteroatoms. The summed E-state index contributed by atoms with van der Waals surface area (Å²) in [6.07, 6.45) is 0. The van der Waals surface area contributed by atoms with E-state index in [1.807, 2.05) is 38.1 Å². The first-order chi connectivity index (χ1) is 11.5. The van der Waals surface area contributed by atoms with Gasteiger partial charge in [0, 0.05) is 11.3 Å². The Morgan fingerprint density at radius 1 is 0.958 bits per heavy atom. The molecule has 1 amide bonds. The number of rotatable bonds is 2. The fraction of sp³-hybridized carbons (Fsp3) is 0.111. The summed E-state index contributed by atoms with van der Waals surface area (Å²) in [6.45, 7) is 3.86. The summed E-state index contributed by atoms with van der Waals surface area (Å²) in [5, 5.41) is 5.90. The van der Waals surface area contributed by atoms with Crippen LogP contribution in [0.2, 0.25) is 0 Å². The molecule has 0 unspecified atom stereocenters. The number of nitrogens with one attached hydrogen (secondary N) is 2. The van der Waals surface area contributed by atoms with E-state index in [9.17, 15) is 4.79 Å². The fourth-order valence-corrected chi connectivity index (χ4v) is 2.45. The predicted molar refractivity (Wildman–Crippen MR) is 99.1 cm³/mol. The third kappa shape index (κ3) is 3.55. The Morgan fingerprint density at radius 2 is 1.62 bits per heavy atom. The monoisotopic (exact) mass is 336 g/mol. The van der Waals surface area contributed by atoms with Gasteiger partial charge >= 0.3 is 0 Å². The van der Waals surface area contributed by atoms with Crippen LogP contribution in [0.15, 0.2) is 48.5 Å². The molecule has 0 fully saturated rings. The lowest BCUT2D eigenvalue weighted by Gasteiger charge is -2.10. The van der Waals surface area contributed by atoms with E-state index in [2.05, 4.69) is 20.6 Å². The van der Waals surface area contributed by atoms with Crippen molar-refractivity contribution in [1.29, 1.82) is 0 Å². The number of nitrogens with zero attached hydrogens (tertiary/aromatic N) is 2. The van der Waals surface area contributed by atoms with Gasteiger partial charge in [-0.25, -0.2) is 9.97 Å². The van der Waals surface area contributed by atoms with Crippen molar-refractivity contribution in [3.05, 3.63) is 65.5 Å². The van der Waals surface area contributed by atoms with Gasteiger partial charge in [0.1, 0.15) is 0 Å². The van der Waals surface area contributed by atoms with Crippen LogP contribution in [0.3, 0.4) is 0 Å². The van der Waals surface area contributed by atoms with Crippen LogP contribution in [0.1, 0.15) is 21.7 Å². The normalized spacial score (nSPS) is 10.4. The van der Waals surface area contributed by atoms with Crippen LogP contribution in [0.5, 0.6) is 0 Å². The molecule has 0 aliphatic carbocycles. The average molecular weight is 336 g/mol. The Bertz CT molecular complexity index is 925. The summed E-state index contributed by atoms with van der Waals surface area (Å²) in [5.74, 6) is -0.250. The molecule has 0 saturated heterocycles. The molecular formula is C18H16N4OS. The number of fused-ring (bicyclic) bond motifs is 1. The van der Waals surface area contributed by atoms with E-state index in [1.165, 1.54) is 0 Å². The summed E-state index contributed by atoms with van der Waals surface area (Å²) in [6, 6.07) is 14.5. The lowest BCUT2D eigenvalue weighted by molar-refractivity contribution is 0.0977. The molecule has 0 spiro atoms. The Hall–Kier alpha value is -2.86. The Morgan fingerprint density at radius 3 is 2.33 bits per heavy atom. The molecule has 2 N–H and O–H groups in total. The zero-order valence-corrected chi connectivity index (χ0v) is 14.1. The molecule has 1 heterocycles. The number of amides is 1. The van der Waals surface area contributed by atoms with Crippen molar-refractivity contribution in [2.45, 2.75) is 13.8 Å². The zero-order valence-electron chi connectivity index (χ0n) is 13.3. The van der Waals surface area contributed by atoms with Crippen molar-refractivity contribution in [3.63, 3.8) is 0 Å². The van der Waals surface area contributed by atoms with Gasteiger partial charge in [-0.15, -0.1) is 0 Å². The minimum Gasteiger partial charge on any atom is -0.332 e. The largest absolute Gasteiger partial charge is 0.332 e. The van der Waals surface area contributed by atoms with Crippen LogP contribution in [-0.2, 0) is 0 Å². The highest BCUT2D eigenvalue weighted by Crippen LogP contribution is 2.17. The Labute approximate surface area is 145 Å². The SMILES string of the molecule is Cc1nc2ccc(NC(=S)NC(=O)c3ccccc3)cc2nc1C. The molecule has 24 heavy (non-hydrogen) atoms. The van der Waals surface area contributed by atoms with E-state index in [0.717, 1.165) is 28.1 Å². The van der Waals surface area contributed by atoms with Crippen LogP contribution in [0.4, 0.5) is 5.69 Å². The van der Waals surface area contributed by atoms with Crippen LogP contribution in [0, 0.1) is 13.8 Å². The molecule has 0 bridgehead atoms. The topological polar surface area (TPSA) is 66.9 Å². The summed E-state index contributed by atoms with van der Waals surface area (Å²) in [7, 11) is 0. The first-order valence-corrected chi connectivity index (χ1v) is 7.86. The highest BCUT2D eigenvalue weighted by Gasteiger charge is 2.08. The summed E-state index contributed by atoms with van der Waals surface area (Å²) >= 11 is 5.20. The molecule has 0 saturated carbocycles. The second-order valence-corrected chi connectivity index (χ2v) is 5.78. The minimum atomic E-state index is -0.250. The molecule has 5 nitrogen and oxygen atoms in total. The molecule has 0 aliphatic heterocycles. The highest BCUT2D eigenvalue weighted by molar-refractivity contribution is 7.80. The second-order valence-electron chi connectivity index (χ2n) is 5.37. The third-order valence-corrected chi connectivity index (χ3v) is 3.80. The van der Waals surface area contributed by atoms with Gasteiger partial charge < -0.3 is 5.32 Å². The molecule has 120 valence electrons. The Kier molecular flexibility index (Phi) is 4.48. The van der Waals surface area contributed by atoms with Gasteiger partial charge in [-0.1, -0.05) is 18.2 Å². The quantitative estimate of drug-likeness (QED) is 0.702. The van der Waals surface area contributed by atoms with Crippen molar-refractivity contribution in [2.75, 3.05) is 5.32 Å². The maximum atomic E-state index is 12.1. The van der Waals surface area contributed by atoms with E-state index in [-0.39, 0.29) is 11.0 Å². The molecular weight excluding hydrogens is 320 g/mol. The van der Waals surface area contributed by atoms with Crippen LogP contribution >= 0.6 is 12.2 Å². The number of aryl methyl sites for hydroxylation is 2. The van der Waals surface area contributed by atoms with Gasteiger partial charge in [0.15, 0.2) is 5.11 Å². The smallest absolute Gasteiger partial charge is 0.257 e.